The van der Waals surface area contributed by atoms with Crippen molar-refractivity contribution in [2.75, 3.05) is 26.2 Å². The number of unbranched alkanes of at least 4 members (excludes halogenated alkanes) is 1. The van der Waals surface area contributed by atoms with E-state index in [2.05, 4.69) is 22.7 Å². The van der Waals surface area contributed by atoms with Crippen LogP contribution in [0.3, 0.4) is 0 Å². The lowest BCUT2D eigenvalue weighted by molar-refractivity contribution is -0.122. The molecule has 0 saturated carbocycles. The smallest absolute Gasteiger partial charge is 0.239 e. The van der Waals surface area contributed by atoms with Gasteiger partial charge in [-0.1, -0.05) is 13.3 Å². The molecule has 0 radical (unpaired) electrons. The normalized spacial score (nSPS) is 17.6. The Morgan fingerprint density at radius 3 is 3.13 bits per heavy atom. The number of rotatable bonds is 3. The summed E-state index contributed by atoms with van der Waals surface area (Å²) in [7, 11) is 0. The van der Waals surface area contributed by atoms with Crippen molar-refractivity contribution >= 4 is 11.9 Å². The zero-order valence-corrected chi connectivity index (χ0v) is 9.12. The Hall–Kier alpha value is -1.30. The lowest BCUT2D eigenvalue weighted by Crippen LogP contribution is -2.55. The summed E-state index contributed by atoms with van der Waals surface area (Å²) in [6, 6.07) is 0. The quantitative estimate of drug-likeness (QED) is 0.185. The van der Waals surface area contributed by atoms with Gasteiger partial charge in [0.25, 0.3) is 0 Å². The first-order valence-electron chi connectivity index (χ1n) is 5.30. The van der Waals surface area contributed by atoms with Gasteiger partial charge in [-0.15, -0.1) is 0 Å². The number of hydrogen-bond acceptors (Lipinski definition) is 3. The number of carbonyl (C=O) groups excluding carboxylic acids is 1. The van der Waals surface area contributed by atoms with Crippen molar-refractivity contribution in [1.82, 2.24) is 15.6 Å². The van der Waals surface area contributed by atoms with Crippen LogP contribution in [0.4, 0.5) is 0 Å². The molecule has 0 bridgehead atoms. The van der Waals surface area contributed by atoms with E-state index in [9.17, 15) is 4.79 Å². The molecule has 0 aliphatic carbocycles. The monoisotopic (exact) mass is 213 g/mol. The number of piperazine rings is 1. The Kier molecular flexibility index (Phi) is 4.89. The highest BCUT2D eigenvalue weighted by atomic mass is 16.2. The fourth-order valence-corrected chi connectivity index (χ4v) is 1.40. The zero-order valence-electron chi connectivity index (χ0n) is 9.12. The number of carbonyl (C=O) groups is 1. The van der Waals surface area contributed by atoms with Gasteiger partial charge in [0.05, 0.1) is 6.54 Å². The number of guanidine groups is 1. The second kappa shape index (κ2) is 6.23. The highest BCUT2D eigenvalue weighted by molar-refractivity contribution is 5.87. The van der Waals surface area contributed by atoms with Crippen LogP contribution in [0, 0.1) is 0 Å². The number of amides is 1. The Balaban J connectivity index is 2.48. The number of aliphatic imine (C=N–C) groups is 1. The van der Waals surface area contributed by atoms with Crippen LogP contribution in [0.5, 0.6) is 0 Å². The van der Waals surface area contributed by atoms with E-state index in [0.717, 1.165) is 25.9 Å². The van der Waals surface area contributed by atoms with Gasteiger partial charge in [0.2, 0.25) is 11.9 Å². The zero-order chi connectivity index (χ0) is 11.1. The van der Waals surface area contributed by atoms with Crippen LogP contribution in [0.1, 0.15) is 19.8 Å². The predicted molar refractivity (Wildman–Crippen MR) is 59.1 cm³/mol. The summed E-state index contributed by atoms with van der Waals surface area (Å²) >= 11 is 0. The van der Waals surface area contributed by atoms with Gasteiger partial charge < -0.3 is 10.2 Å². The van der Waals surface area contributed by atoms with Crippen LogP contribution in [-0.4, -0.2) is 42.9 Å². The molecule has 15 heavy (non-hydrogen) atoms. The maximum Gasteiger partial charge on any atom is 0.239 e. The molecule has 1 aliphatic heterocycles. The second-order valence-corrected chi connectivity index (χ2v) is 3.47. The Labute approximate surface area is 89.9 Å². The van der Waals surface area contributed by atoms with E-state index in [1.54, 1.807) is 0 Å². The van der Waals surface area contributed by atoms with Crippen LogP contribution in [0.15, 0.2) is 4.99 Å². The molecule has 6 heteroatoms. The van der Waals surface area contributed by atoms with E-state index in [4.69, 9.17) is 5.84 Å². The standard InChI is InChI=1S/C9H19N5O/c1-2-3-4-12-9(13-10)14-6-5-11-8(15)7-14/h2-7,10H2,1H3,(H,11,15)(H,12,13). The van der Waals surface area contributed by atoms with Crippen LogP contribution in [0.25, 0.3) is 0 Å². The van der Waals surface area contributed by atoms with Crippen molar-refractivity contribution in [3.8, 4) is 0 Å². The topological polar surface area (TPSA) is 82.8 Å². The van der Waals surface area contributed by atoms with Crippen LogP contribution >= 0.6 is 0 Å². The summed E-state index contributed by atoms with van der Waals surface area (Å²) in [5.41, 5.74) is 2.55. The number of nitrogens with one attached hydrogen (secondary N) is 2. The Morgan fingerprint density at radius 2 is 2.53 bits per heavy atom. The first-order valence-corrected chi connectivity index (χ1v) is 5.30. The van der Waals surface area contributed by atoms with E-state index >= 15 is 0 Å². The summed E-state index contributed by atoms with van der Waals surface area (Å²) in [5.74, 6) is 6.00. The molecule has 1 aliphatic rings. The molecule has 0 aromatic heterocycles. The van der Waals surface area contributed by atoms with Gasteiger partial charge in [0.1, 0.15) is 0 Å². The minimum absolute atomic E-state index is 0.0136. The average molecular weight is 213 g/mol. The third-order valence-electron chi connectivity index (χ3n) is 2.24. The molecule has 6 nitrogen and oxygen atoms in total. The third-order valence-corrected chi connectivity index (χ3v) is 2.24. The first-order chi connectivity index (χ1) is 7.27. The molecule has 0 spiro atoms. The van der Waals surface area contributed by atoms with Crippen molar-refractivity contribution in [3.05, 3.63) is 0 Å². The molecule has 0 atom stereocenters. The molecule has 1 amide bonds. The Morgan fingerprint density at radius 1 is 1.73 bits per heavy atom. The summed E-state index contributed by atoms with van der Waals surface area (Å²) in [6.07, 6.45) is 2.13. The molecule has 0 aromatic carbocycles. The van der Waals surface area contributed by atoms with E-state index in [1.165, 1.54) is 0 Å². The van der Waals surface area contributed by atoms with Crippen molar-refractivity contribution in [2.24, 2.45) is 10.8 Å². The predicted octanol–water partition coefficient (Wildman–Crippen LogP) is -0.962. The molecule has 86 valence electrons. The summed E-state index contributed by atoms with van der Waals surface area (Å²) in [6.45, 7) is 4.58. The fraction of sp³-hybridized carbons (Fsp3) is 0.778. The van der Waals surface area contributed by atoms with Gasteiger partial charge in [-0.25, -0.2) is 5.84 Å². The van der Waals surface area contributed by atoms with E-state index in [0.29, 0.717) is 19.0 Å². The molecule has 1 heterocycles. The fourth-order valence-electron chi connectivity index (χ4n) is 1.40. The highest BCUT2D eigenvalue weighted by Gasteiger charge is 2.18. The molecule has 0 aromatic rings. The van der Waals surface area contributed by atoms with Crippen LogP contribution < -0.4 is 16.6 Å². The summed E-state index contributed by atoms with van der Waals surface area (Å²) < 4.78 is 0. The van der Waals surface area contributed by atoms with Gasteiger partial charge >= 0.3 is 0 Å². The molecular formula is C9H19N5O. The molecule has 4 N–H and O–H groups in total. The maximum absolute atomic E-state index is 11.1. The van der Waals surface area contributed by atoms with E-state index in [-0.39, 0.29) is 5.91 Å². The van der Waals surface area contributed by atoms with Crippen molar-refractivity contribution < 1.29 is 4.79 Å². The van der Waals surface area contributed by atoms with Gasteiger partial charge in [-0.05, 0) is 6.42 Å². The maximum atomic E-state index is 11.1. The third kappa shape index (κ3) is 3.75. The van der Waals surface area contributed by atoms with Gasteiger partial charge in [0.15, 0.2) is 0 Å². The molecule has 1 fully saturated rings. The largest absolute Gasteiger partial charge is 0.353 e. The molecule has 1 rings (SSSR count). The van der Waals surface area contributed by atoms with Crippen LogP contribution in [-0.2, 0) is 4.79 Å². The molecule has 1 saturated heterocycles. The number of hydrogen-bond donors (Lipinski definition) is 3. The van der Waals surface area contributed by atoms with Crippen molar-refractivity contribution in [2.45, 2.75) is 19.8 Å². The van der Waals surface area contributed by atoms with Gasteiger partial charge in [0, 0.05) is 19.6 Å². The van der Waals surface area contributed by atoms with E-state index in [1.807, 2.05) is 4.90 Å². The SMILES string of the molecule is CCCCN=C(NN)N1CCNC(=O)C1. The summed E-state index contributed by atoms with van der Waals surface area (Å²) in [4.78, 5) is 17.3. The molecule has 0 unspecified atom stereocenters. The van der Waals surface area contributed by atoms with E-state index < -0.39 is 0 Å². The highest BCUT2D eigenvalue weighted by Crippen LogP contribution is 1.95. The minimum Gasteiger partial charge on any atom is -0.353 e. The lowest BCUT2D eigenvalue weighted by Gasteiger charge is -2.28. The van der Waals surface area contributed by atoms with Crippen molar-refractivity contribution in [1.29, 1.82) is 0 Å². The average Bonchev–Trinajstić information content (AvgIpc) is 2.24. The lowest BCUT2D eigenvalue weighted by atomic mass is 10.3. The first kappa shape index (κ1) is 11.8. The molecular weight excluding hydrogens is 194 g/mol. The second-order valence-electron chi connectivity index (χ2n) is 3.47. The number of hydrazine groups is 1. The van der Waals surface area contributed by atoms with Crippen molar-refractivity contribution in [3.63, 3.8) is 0 Å². The number of nitrogens with zero attached hydrogens (tertiary/aromatic N) is 2. The van der Waals surface area contributed by atoms with Gasteiger partial charge in [-0.3, -0.25) is 15.2 Å². The van der Waals surface area contributed by atoms with Gasteiger partial charge in [-0.2, -0.15) is 0 Å². The number of nitrogens with two attached hydrogens (primary N) is 1. The minimum atomic E-state index is 0.0136. The summed E-state index contributed by atoms with van der Waals surface area (Å²) in [5, 5.41) is 2.75. The Bertz CT molecular complexity index is 241. The van der Waals surface area contributed by atoms with Crippen LogP contribution in [0.2, 0.25) is 0 Å².